The average Bonchev–Trinajstić information content (AvgIpc) is 2.60. The van der Waals surface area contributed by atoms with Crippen LogP contribution in [0.15, 0.2) is 36.4 Å². The van der Waals surface area contributed by atoms with Crippen molar-refractivity contribution in [3.63, 3.8) is 0 Å². The molecule has 0 unspecified atom stereocenters. The summed E-state index contributed by atoms with van der Waals surface area (Å²) in [5, 5.41) is 0.627. The lowest BCUT2D eigenvalue weighted by Crippen LogP contribution is -2.36. The van der Waals surface area contributed by atoms with Crippen molar-refractivity contribution < 1.29 is 14.3 Å². The Labute approximate surface area is 140 Å². The van der Waals surface area contributed by atoms with Crippen LogP contribution in [0.2, 0.25) is 5.02 Å². The molecule has 0 bridgehead atoms. The summed E-state index contributed by atoms with van der Waals surface area (Å²) in [7, 11) is 3.24. The fraction of sp³-hybridized carbons (Fsp3) is 0.278. The number of fused-ring (bicyclic) bond motifs is 1. The number of amides is 1. The fourth-order valence-corrected chi connectivity index (χ4v) is 2.96. The number of halogens is 1. The number of rotatable bonds is 3. The molecule has 2 aromatic rings. The average molecular weight is 332 g/mol. The van der Waals surface area contributed by atoms with Crippen LogP contribution in [0.1, 0.15) is 21.5 Å². The first-order valence-electron chi connectivity index (χ1n) is 7.41. The van der Waals surface area contributed by atoms with Gasteiger partial charge in [-0.05, 0) is 53.9 Å². The van der Waals surface area contributed by atoms with Crippen molar-refractivity contribution in [2.75, 3.05) is 20.8 Å². The molecular weight excluding hydrogens is 314 g/mol. The molecule has 5 heteroatoms. The lowest BCUT2D eigenvalue weighted by atomic mass is 9.98. The third-order valence-electron chi connectivity index (χ3n) is 4.10. The Morgan fingerprint density at radius 1 is 1.04 bits per heavy atom. The minimum atomic E-state index is 0.0158. The Kier molecular flexibility index (Phi) is 4.44. The Morgan fingerprint density at radius 3 is 2.26 bits per heavy atom. The second-order valence-corrected chi connectivity index (χ2v) is 5.90. The molecule has 1 amide bonds. The predicted molar refractivity (Wildman–Crippen MR) is 89.4 cm³/mol. The molecule has 0 N–H and O–H groups in total. The Bertz CT molecular complexity index is 728. The number of methoxy groups -OCH3 is 2. The molecule has 0 saturated heterocycles. The second-order valence-electron chi connectivity index (χ2n) is 5.46. The van der Waals surface area contributed by atoms with E-state index in [0.29, 0.717) is 29.4 Å². The zero-order valence-electron chi connectivity index (χ0n) is 13.1. The molecule has 0 aliphatic carbocycles. The molecule has 120 valence electrons. The van der Waals surface area contributed by atoms with Gasteiger partial charge in [-0.2, -0.15) is 0 Å². The van der Waals surface area contributed by atoms with Crippen LogP contribution in [0.4, 0.5) is 0 Å². The molecule has 1 aliphatic heterocycles. The Hall–Kier alpha value is -2.20. The monoisotopic (exact) mass is 331 g/mol. The fourth-order valence-electron chi connectivity index (χ4n) is 2.83. The topological polar surface area (TPSA) is 38.8 Å². The Balaban J connectivity index is 1.84. The number of carbonyl (C=O) groups is 1. The van der Waals surface area contributed by atoms with Gasteiger partial charge in [0, 0.05) is 23.7 Å². The predicted octanol–water partition coefficient (Wildman–Crippen LogP) is 3.56. The molecule has 23 heavy (non-hydrogen) atoms. The quantitative estimate of drug-likeness (QED) is 0.863. The third kappa shape index (κ3) is 3.13. The molecule has 0 atom stereocenters. The van der Waals surface area contributed by atoms with Gasteiger partial charge in [-0.25, -0.2) is 0 Å². The van der Waals surface area contributed by atoms with Crippen LogP contribution in [-0.4, -0.2) is 31.6 Å². The van der Waals surface area contributed by atoms with Gasteiger partial charge < -0.3 is 14.4 Å². The molecule has 0 radical (unpaired) electrons. The van der Waals surface area contributed by atoms with Gasteiger partial charge in [-0.15, -0.1) is 0 Å². The van der Waals surface area contributed by atoms with Gasteiger partial charge in [0.05, 0.1) is 14.2 Å². The van der Waals surface area contributed by atoms with E-state index in [0.717, 1.165) is 17.7 Å². The third-order valence-corrected chi connectivity index (χ3v) is 4.35. The van der Waals surface area contributed by atoms with Crippen LogP contribution in [0.5, 0.6) is 11.5 Å². The molecule has 0 aromatic heterocycles. The molecule has 0 fully saturated rings. The Morgan fingerprint density at radius 2 is 1.65 bits per heavy atom. The number of hydrogen-bond acceptors (Lipinski definition) is 3. The first-order chi connectivity index (χ1) is 11.1. The van der Waals surface area contributed by atoms with Crippen molar-refractivity contribution in [2.24, 2.45) is 0 Å². The summed E-state index contributed by atoms with van der Waals surface area (Å²) in [5.74, 6) is 1.43. The van der Waals surface area contributed by atoms with E-state index in [-0.39, 0.29) is 5.91 Å². The van der Waals surface area contributed by atoms with E-state index in [1.54, 1.807) is 38.5 Å². The van der Waals surface area contributed by atoms with Gasteiger partial charge in [0.1, 0.15) is 0 Å². The normalized spacial score (nSPS) is 13.4. The minimum absolute atomic E-state index is 0.0158. The van der Waals surface area contributed by atoms with Gasteiger partial charge in [0.25, 0.3) is 5.91 Å². The first-order valence-corrected chi connectivity index (χ1v) is 7.79. The van der Waals surface area contributed by atoms with E-state index >= 15 is 0 Å². The van der Waals surface area contributed by atoms with Gasteiger partial charge in [-0.3, -0.25) is 4.79 Å². The van der Waals surface area contributed by atoms with E-state index < -0.39 is 0 Å². The first kappa shape index (κ1) is 15.7. The van der Waals surface area contributed by atoms with Crippen molar-refractivity contribution in [3.8, 4) is 11.5 Å². The van der Waals surface area contributed by atoms with Crippen LogP contribution in [0.3, 0.4) is 0 Å². The molecule has 0 saturated carbocycles. The van der Waals surface area contributed by atoms with Crippen LogP contribution < -0.4 is 9.47 Å². The van der Waals surface area contributed by atoms with E-state index in [1.165, 1.54) is 5.56 Å². The number of carbonyl (C=O) groups excluding carboxylic acids is 1. The van der Waals surface area contributed by atoms with Crippen LogP contribution in [-0.2, 0) is 13.0 Å². The highest BCUT2D eigenvalue weighted by Gasteiger charge is 2.23. The zero-order chi connectivity index (χ0) is 16.4. The summed E-state index contributed by atoms with van der Waals surface area (Å²) in [5.41, 5.74) is 2.94. The molecular formula is C18H18ClNO3. The van der Waals surface area contributed by atoms with E-state index in [4.69, 9.17) is 21.1 Å². The van der Waals surface area contributed by atoms with Crippen molar-refractivity contribution in [2.45, 2.75) is 13.0 Å². The smallest absolute Gasteiger partial charge is 0.254 e. The SMILES string of the molecule is COc1cc2c(cc1OC)CN(C(=O)c1ccc(Cl)cc1)CC2. The maximum Gasteiger partial charge on any atom is 0.254 e. The van der Waals surface area contributed by atoms with Crippen molar-refractivity contribution >= 4 is 17.5 Å². The van der Waals surface area contributed by atoms with Gasteiger partial charge >= 0.3 is 0 Å². The van der Waals surface area contributed by atoms with Gasteiger partial charge in [0.15, 0.2) is 11.5 Å². The number of hydrogen-bond donors (Lipinski definition) is 0. The largest absolute Gasteiger partial charge is 0.493 e. The maximum atomic E-state index is 12.6. The van der Waals surface area contributed by atoms with Crippen LogP contribution in [0.25, 0.3) is 0 Å². The summed E-state index contributed by atoms with van der Waals surface area (Å²) in [6.07, 6.45) is 0.801. The van der Waals surface area contributed by atoms with Crippen LogP contribution >= 0.6 is 11.6 Å². The van der Waals surface area contributed by atoms with Gasteiger partial charge in [-0.1, -0.05) is 11.6 Å². The summed E-state index contributed by atoms with van der Waals surface area (Å²) in [6, 6.07) is 10.9. The molecule has 4 nitrogen and oxygen atoms in total. The summed E-state index contributed by atoms with van der Waals surface area (Å²) in [4.78, 5) is 14.5. The standard InChI is InChI=1S/C18H18ClNO3/c1-22-16-9-13-7-8-20(11-14(13)10-17(16)23-2)18(21)12-3-5-15(19)6-4-12/h3-6,9-10H,7-8,11H2,1-2H3. The molecule has 1 heterocycles. The minimum Gasteiger partial charge on any atom is -0.493 e. The summed E-state index contributed by atoms with van der Waals surface area (Å²) in [6.45, 7) is 1.25. The number of ether oxygens (including phenoxy) is 2. The highest BCUT2D eigenvalue weighted by Crippen LogP contribution is 2.33. The van der Waals surface area contributed by atoms with E-state index in [2.05, 4.69) is 0 Å². The van der Waals surface area contributed by atoms with Crippen molar-refractivity contribution in [1.29, 1.82) is 0 Å². The number of benzene rings is 2. The lowest BCUT2D eigenvalue weighted by Gasteiger charge is -2.29. The second kappa shape index (κ2) is 6.50. The van der Waals surface area contributed by atoms with Crippen molar-refractivity contribution in [3.05, 3.63) is 58.1 Å². The number of nitrogens with zero attached hydrogens (tertiary/aromatic N) is 1. The highest BCUT2D eigenvalue weighted by atomic mass is 35.5. The molecule has 2 aromatic carbocycles. The van der Waals surface area contributed by atoms with E-state index in [1.807, 2.05) is 17.0 Å². The highest BCUT2D eigenvalue weighted by molar-refractivity contribution is 6.30. The summed E-state index contributed by atoms with van der Waals surface area (Å²) >= 11 is 5.88. The summed E-state index contributed by atoms with van der Waals surface area (Å²) < 4.78 is 10.7. The molecule has 1 aliphatic rings. The molecule has 3 rings (SSSR count). The zero-order valence-corrected chi connectivity index (χ0v) is 13.9. The van der Waals surface area contributed by atoms with Crippen molar-refractivity contribution in [1.82, 2.24) is 4.90 Å². The van der Waals surface area contributed by atoms with Crippen LogP contribution in [0, 0.1) is 0 Å². The lowest BCUT2D eigenvalue weighted by molar-refractivity contribution is 0.0734. The van der Waals surface area contributed by atoms with E-state index in [9.17, 15) is 4.79 Å². The van der Waals surface area contributed by atoms with Gasteiger partial charge in [0.2, 0.25) is 0 Å². The maximum absolute atomic E-state index is 12.6. The molecule has 0 spiro atoms.